The first-order valence-corrected chi connectivity index (χ1v) is 9.96. The Bertz CT molecular complexity index is 801. The highest BCUT2D eigenvalue weighted by Crippen LogP contribution is 2.32. The summed E-state index contributed by atoms with van der Waals surface area (Å²) in [7, 11) is 0. The van der Waals surface area contributed by atoms with E-state index >= 15 is 0 Å². The summed E-state index contributed by atoms with van der Waals surface area (Å²) in [6.07, 6.45) is 4.21. The molecule has 0 bridgehead atoms. The second-order valence-corrected chi connectivity index (χ2v) is 9.28. The molecule has 1 aromatic carbocycles. The van der Waals surface area contributed by atoms with E-state index in [1.807, 2.05) is 13.8 Å². The van der Waals surface area contributed by atoms with Gasteiger partial charge in [-0.25, -0.2) is 4.99 Å². The third-order valence-electron chi connectivity index (χ3n) is 4.67. The fourth-order valence-electron chi connectivity index (χ4n) is 3.37. The molecule has 28 heavy (non-hydrogen) atoms. The van der Waals surface area contributed by atoms with Crippen LogP contribution in [0.4, 0.5) is 0 Å². The number of amidine groups is 1. The number of aliphatic imine (C=N–C) groups is 1. The van der Waals surface area contributed by atoms with E-state index in [0.717, 1.165) is 28.4 Å². The Labute approximate surface area is 172 Å². The van der Waals surface area contributed by atoms with Crippen LogP contribution in [0.3, 0.4) is 0 Å². The van der Waals surface area contributed by atoms with Crippen molar-refractivity contribution in [3.8, 4) is 0 Å². The molecule has 2 nitrogen and oxygen atoms in total. The summed E-state index contributed by atoms with van der Waals surface area (Å²) in [5.41, 5.74) is 6.13. The molecule has 0 atom stereocenters. The van der Waals surface area contributed by atoms with E-state index in [1.54, 1.807) is 0 Å². The first-order valence-electron chi connectivity index (χ1n) is 9.96. The van der Waals surface area contributed by atoms with E-state index in [-0.39, 0.29) is 10.8 Å². The van der Waals surface area contributed by atoms with Crippen molar-refractivity contribution in [3.05, 3.63) is 83.2 Å². The van der Waals surface area contributed by atoms with Crippen molar-refractivity contribution in [1.82, 2.24) is 5.32 Å². The number of hydrogen-bond acceptors (Lipinski definition) is 1. The van der Waals surface area contributed by atoms with Gasteiger partial charge in [-0.05, 0) is 42.7 Å². The molecular weight excluding hydrogens is 340 g/mol. The van der Waals surface area contributed by atoms with Crippen molar-refractivity contribution < 1.29 is 0 Å². The molecule has 0 fully saturated rings. The highest BCUT2D eigenvalue weighted by molar-refractivity contribution is 6.01. The number of benzene rings is 1. The lowest BCUT2D eigenvalue weighted by molar-refractivity contribution is 0.506. The zero-order valence-electron chi connectivity index (χ0n) is 19.3. The predicted molar refractivity (Wildman–Crippen MR) is 126 cm³/mol. The van der Waals surface area contributed by atoms with Gasteiger partial charge in [-0.15, -0.1) is 0 Å². The van der Waals surface area contributed by atoms with Crippen LogP contribution in [0.1, 0.15) is 66.5 Å². The first kappa shape index (κ1) is 23.7. The topological polar surface area (TPSA) is 24.4 Å². The molecule has 0 saturated heterocycles. The molecule has 0 aromatic heterocycles. The maximum absolute atomic E-state index is 4.91. The highest BCUT2D eigenvalue weighted by Gasteiger charge is 2.22. The minimum atomic E-state index is -0.0232. The zero-order valence-corrected chi connectivity index (χ0v) is 19.3. The minimum Gasteiger partial charge on any atom is -0.340 e. The Morgan fingerprint density at radius 1 is 0.857 bits per heavy atom. The minimum absolute atomic E-state index is 0.00583. The third-order valence-corrected chi connectivity index (χ3v) is 4.67. The van der Waals surface area contributed by atoms with Crippen molar-refractivity contribution in [2.75, 3.05) is 0 Å². The molecule has 1 aromatic rings. The summed E-state index contributed by atoms with van der Waals surface area (Å²) in [5.74, 6) is 0.766. The number of allylic oxidation sites excluding steroid dienone is 4. The smallest absolute Gasteiger partial charge is 0.138 e. The zero-order chi connectivity index (χ0) is 21.7. The van der Waals surface area contributed by atoms with Gasteiger partial charge in [0.15, 0.2) is 0 Å². The summed E-state index contributed by atoms with van der Waals surface area (Å²) < 4.78 is 0. The van der Waals surface area contributed by atoms with Gasteiger partial charge in [0.1, 0.15) is 5.84 Å². The van der Waals surface area contributed by atoms with Crippen LogP contribution in [0.2, 0.25) is 0 Å². The second-order valence-electron chi connectivity index (χ2n) is 9.28. The summed E-state index contributed by atoms with van der Waals surface area (Å²) in [6, 6.07) is 8.36. The predicted octanol–water partition coefficient (Wildman–Crippen LogP) is 7.34. The average molecular weight is 379 g/mol. The van der Waals surface area contributed by atoms with Gasteiger partial charge in [-0.3, -0.25) is 0 Å². The molecule has 1 rings (SSSR count). The van der Waals surface area contributed by atoms with E-state index in [1.165, 1.54) is 11.1 Å². The highest BCUT2D eigenvalue weighted by atomic mass is 15.0. The van der Waals surface area contributed by atoms with Crippen molar-refractivity contribution >= 4 is 5.84 Å². The van der Waals surface area contributed by atoms with Gasteiger partial charge in [0.2, 0.25) is 0 Å². The van der Waals surface area contributed by atoms with E-state index < -0.39 is 0 Å². The van der Waals surface area contributed by atoms with Crippen LogP contribution >= 0.6 is 0 Å². The summed E-state index contributed by atoms with van der Waals surface area (Å²) in [6.45, 7) is 27.8. The SMILES string of the molecule is C=C(N=C(NC(=C)/C(=C\C)C(C)(C)C)c1ccc(C)cc1)/C(=C\C)C(C)(C)C. The van der Waals surface area contributed by atoms with Crippen molar-refractivity contribution in [1.29, 1.82) is 0 Å². The van der Waals surface area contributed by atoms with Gasteiger partial charge in [0.25, 0.3) is 0 Å². The van der Waals surface area contributed by atoms with Crippen LogP contribution in [0.15, 0.2) is 77.1 Å². The van der Waals surface area contributed by atoms with E-state index in [2.05, 4.69) is 103 Å². The summed E-state index contributed by atoms with van der Waals surface area (Å²) in [5, 5.41) is 3.47. The number of aryl methyl sites for hydroxylation is 1. The maximum Gasteiger partial charge on any atom is 0.138 e. The van der Waals surface area contributed by atoms with Gasteiger partial charge in [0.05, 0.1) is 5.70 Å². The van der Waals surface area contributed by atoms with Crippen molar-refractivity contribution in [2.24, 2.45) is 15.8 Å². The molecule has 0 aliphatic heterocycles. The van der Waals surface area contributed by atoms with Crippen molar-refractivity contribution in [3.63, 3.8) is 0 Å². The molecule has 0 unspecified atom stereocenters. The van der Waals surface area contributed by atoms with Crippen LogP contribution in [0, 0.1) is 17.8 Å². The lowest BCUT2D eigenvalue weighted by atomic mass is 9.84. The molecule has 0 spiro atoms. The standard InChI is InChI=1S/C26H38N2/c1-12-22(25(6,7)8)19(4)27-24(21-16-14-18(3)15-17-21)28-20(5)23(13-2)26(9,10)11/h12-17H,4-5H2,1-3,6-11H3,(H,27,28)/b22-12+,23-13+. The van der Waals surface area contributed by atoms with Gasteiger partial charge in [0, 0.05) is 11.3 Å². The summed E-state index contributed by atoms with van der Waals surface area (Å²) in [4.78, 5) is 4.91. The van der Waals surface area contributed by atoms with E-state index in [9.17, 15) is 0 Å². The van der Waals surface area contributed by atoms with Crippen LogP contribution in [0.25, 0.3) is 0 Å². The third kappa shape index (κ3) is 6.37. The summed E-state index contributed by atoms with van der Waals surface area (Å²) >= 11 is 0. The van der Waals surface area contributed by atoms with Gasteiger partial charge in [-0.1, -0.05) is 96.7 Å². The van der Waals surface area contributed by atoms with Crippen molar-refractivity contribution in [2.45, 2.75) is 62.3 Å². The number of nitrogens with zero attached hydrogens (tertiary/aromatic N) is 1. The quantitative estimate of drug-likeness (QED) is 0.323. The Kier molecular flexibility index (Phi) is 7.81. The first-order chi connectivity index (χ1) is 12.8. The normalized spacial score (nSPS) is 14.1. The van der Waals surface area contributed by atoms with E-state index in [4.69, 9.17) is 4.99 Å². The monoisotopic (exact) mass is 378 g/mol. The maximum atomic E-state index is 4.91. The lowest BCUT2D eigenvalue weighted by Crippen LogP contribution is -2.28. The van der Waals surface area contributed by atoms with Gasteiger partial charge >= 0.3 is 0 Å². The van der Waals surface area contributed by atoms with Crippen LogP contribution < -0.4 is 5.32 Å². The molecule has 0 amide bonds. The molecule has 0 saturated carbocycles. The molecule has 152 valence electrons. The van der Waals surface area contributed by atoms with E-state index in [0.29, 0.717) is 0 Å². The molecular formula is C26H38N2. The fraction of sp³-hybridized carbons (Fsp3) is 0.423. The number of nitrogens with one attached hydrogen (secondary N) is 1. The molecule has 0 aliphatic rings. The van der Waals surface area contributed by atoms with Crippen LogP contribution in [-0.4, -0.2) is 5.84 Å². The molecule has 0 heterocycles. The molecule has 0 radical (unpaired) electrons. The van der Waals surface area contributed by atoms with Gasteiger partial charge in [-0.2, -0.15) is 0 Å². The Hall–Kier alpha value is -2.35. The van der Waals surface area contributed by atoms with Gasteiger partial charge < -0.3 is 5.32 Å². The number of rotatable bonds is 5. The van der Waals surface area contributed by atoms with Crippen LogP contribution in [-0.2, 0) is 0 Å². The Morgan fingerprint density at radius 3 is 1.71 bits per heavy atom. The largest absolute Gasteiger partial charge is 0.340 e. The Balaban J connectivity index is 3.41. The van der Waals surface area contributed by atoms with Crippen LogP contribution in [0.5, 0.6) is 0 Å². The molecule has 1 N–H and O–H groups in total. The molecule has 0 aliphatic carbocycles. The Morgan fingerprint density at radius 2 is 1.32 bits per heavy atom. The number of hydrogen-bond donors (Lipinski definition) is 1. The average Bonchev–Trinajstić information content (AvgIpc) is 2.53. The lowest BCUT2D eigenvalue weighted by Gasteiger charge is -2.27. The second kappa shape index (κ2) is 9.23. The molecule has 2 heteroatoms. The fourth-order valence-corrected chi connectivity index (χ4v) is 3.37.